The standard InChI is InChI=1S/C12H23N3O.ClH/c1-6-11(15(4)5)7-13-8-12-9(2)14-16-10(12)3;/h11,13H,6-8H2,1-5H3;1H. The van der Waals surface area contributed by atoms with Gasteiger partial charge in [-0.2, -0.15) is 0 Å². The lowest BCUT2D eigenvalue weighted by Gasteiger charge is -2.23. The summed E-state index contributed by atoms with van der Waals surface area (Å²) in [6.07, 6.45) is 1.15. The summed E-state index contributed by atoms with van der Waals surface area (Å²) in [5.74, 6) is 0.919. The Balaban J connectivity index is 0.00000256. The highest BCUT2D eigenvalue weighted by Gasteiger charge is 2.11. The zero-order valence-corrected chi connectivity index (χ0v) is 12.2. The van der Waals surface area contributed by atoms with Crippen LogP contribution in [0.5, 0.6) is 0 Å². The second-order valence-corrected chi connectivity index (χ2v) is 4.46. The van der Waals surface area contributed by atoms with Crippen molar-refractivity contribution in [1.82, 2.24) is 15.4 Å². The molecule has 0 aliphatic carbocycles. The summed E-state index contributed by atoms with van der Waals surface area (Å²) in [4.78, 5) is 2.25. The minimum atomic E-state index is 0. The van der Waals surface area contributed by atoms with Crippen molar-refractivity contribution in [2.24, 2.45) is 0 Å². The molecule has 0 aliphatic heterocycles. The van der Waals surface area contributed by atoms with Crippen molar-refractivity contribution < 1.29 is 4.52 Å². The summed E-state index contributed by atoms with van der Waals surface area (Å²) in [5.41, 5.74) is 2.18. The molecule has 0 aromatic carbocycles. The first kappa shape index (κ1) is 16.4. The number of nitrogens with zero attached hydrogens (tertiary/aromatic N) is 2. The van der Waals surface area contributed by atoms with Crippen LogP contribution in [0.15, 0.2) is 4.52 Å². The van der Waals surface area contributed by atoms with E-state index in [4.69, 9.17) is 4.52 Å². The molecule has 1 atom stereocenters. The van der Waals surface area contributed by atoms with Crippen molar-refractivity contribution in [1.29, 1.82) is 0 Å². The van der Waals surface area contributed by atoms with E-state index >= 15 is 0 Å². The van der Waals surface area contributed by atoms with Crippen LogP contribution in [0.25, 0.3) is 0 Å². The van der Waals surface area contributed by atoms with E-state index in [2.05, 4.69) is 36.4 Å². The number of aryl methyl sites for hydroxylation is 2. The summed E-state index contributed by atoms with van der Waals surface area (Å²) in [6.45, 7) is 7.98. The number of nitrogens with one attached hydrogen (secondary N) is 1. The number of rotatable bonds is 6. The van der Waals surface area contributed by atoms with Gasteiger partial charge >= 0.3 is 0 Å². The predicted molar refractivity (Wildman–Crippen MR) is 72.7 cm³/mol. The molecule has 0 saturated heterocycles. The van der Waals surface area contributed by atoms with Gasteiger partial charge in [-0.25, -0.2) is 0 Å². The summed E-state index contributed by atoms with van der Waals surface area (Å²) in [6, 6.07) is 0.584. The predicted octanol–water partition coefficient (Wildman–Crippen LogP) is 2.14. The van der Waals surface area contributed by atoms with Crippen molar-refractivity contribution in [3.63, 3.8) is 0 Å². The smallest absolute Gasteiger partial charge is 0.138 e. The van der Waals surface area contributed by atoms with E-state index in [0.29, 0.717) is 6.04 Å². The van der Waals surface area contributed by atoms with E-state index in [1.807, 2.05) is 13.8 Å². The Morgan fingerprint density at radius 1 is 1.35 bits per heavy atom. The van der Waals surface area contributed by atoms with Crippen LogP contribution in [0.4, 0.5) is 0 Å². The molecule has 0 aliphatic rings. The quantitative estimate of drug-likeness (QED) is 0.852. The fraction of sp³-hybridized carbons (Fsp3) is 0.750. The largest absolute Gasteiger partial charge is 0.361 e. The second kappa shape index (κ2) is 7.69. The van der Waals surface area contributed by atoms with Crippen LogP contribution >= 0.6 is 12.4 Å². The van der Waals surface area contributed by atoms with Gasteiger partial charge in [0, 0.05) is 24.7 Å². The van der Waals surface area contributed by atoms with Crippen molar-refractivity contribution in [2.45, 2.75) is 39.8 Å². The van der Waals surface area contributed by atoms with E-state index in [1.54, 1.807) is 0 Å². The molecule has 0 spiro atoms. The Kier molecular flexibility index (Phi) is 7.43. The molecule has 0 fully saturated rings. The first-order chi connectivity index (χ1) is 7.56. The molecule has 1 unspecified atom stereocenters. The SMILES string of the molecule is CCC(CNCc1c(C)noc1C)N(C)C.Cl. The molecule has 100 valence electrons. The Bertz CT molecular complexity index is 306. The summed E-state index contributed by atoms with van der Waals surface area (Å²) in [5, 5.41) is 7.40. The molecule has 4 nitrogen and oxygen atoms in total. The van der Waals surface area contributed by atoms with E-state index in [0.717, 1.165) is 31.0 Å². The molecule has 0 bridgehead atoms. The fourth-order valence-electron chi connectivity index (χ4n) is 1.81. The molecule has 1 rings (SSSR count). The molecule has 1 aromatic heterocycles. The lowest BCUT2D eigenvalue weighted by molar-refractivity contribution is 0.275. The van der Waals surface area contributed by atoms with Crippen LogP contribution in [0, 0.1) is 13.8 Å². The summed E-state index contributed by atoms with van der Waals surface area (Å²) >= 11 is 0. The zero-order valence-electron chi connectivity index (χ0n) is 11.4. The third kappa shape index (κ3) is 4.66. The molecule has 1 N–H and O–H groups in total. The topological polar surface area (TPSA) is 41.3 Å². The van der Waals surface area contributed by atoms with Crippen molar-refractivity contribution in [3.8, 4) is 0 Å². The molecule has 0 radical (unpaired) electrons. The average molecular weight is 262 g/mol. The first-order valence-electron chi connectivity index (χ1n) is 5.85. The molecular formula is C12H24ClN3O. The minimum absolute atomic E-state index is 0. The third-order valence-electron chi connectivity index (χ3n) is 3.06. The Morgan fingerprint density at radius 3 is 2.41 bits per heavy atom. The van der Waals surface area contributed by atoms with E-state index in [-0.39, 0.29) is 12.4 Å². The number of likely N-dealkylation sites (N-methyl/N-ethyl adjacent to an activating group) is 1. The van der Waals surface area contributed by atoms with Gasteiger partial charge in [0.1, 0.15) is 5.76 Å². The van der Waals surface area contributed by atoms with Crippen molar-refractivity contribution in [3.05, 3.63) is 17.0 Å². The van der Waals surface area contributed by atoms with Crippen LogP contribution in [0.1, 0.15) is 30.4 Å². The van der Waals surface area contributed by atoms with Gasteiger partial charge in [0.15, 0.2) is 0 Å². The minimum Gasteiger partial charge on any atom is -0.361 e. The molecule has 5 heteroatoms. The molecule has 0 saturated carbocycles. The molecule has 17 heavy (non-hydrogen) atoms. The van der Waals surface area contributed by atoms with E-state index < -0.39 is 0 Å². The second-order valence-electron chi connectivity index (χ2n) is 4.46. The van der Waals surface area contributed by atoms with Gasteiger partial charge in [-0.3, -0.25) is 0 Å². The third-order valence-corrected chi connectivity index (χ3v) is 3.06. The highest BCUT2D eigenvalue weighted by Crippen LogP contribution is 2.11. The molecule has 1 heterocycles. The number of halogens is 1. The van der Waals surface area contributed by atoms with Gasteiger partial charge in [0.05, 0.1) is 5.69 Å². The van der Waals surface area contributed by atoms with E-state index in [9.17, 15) is 0 Å². The fourth-order valence-corrected chi connectivity index (χ4v) is 1.81. The van der Waals surface area contributed by atoms with Gasteiger partial charge < -0.3 is 14.7 Å². The average Bonchev–Trinajstić information content (AvgIpc) is 2.54. The maximum Gasteiger partial charge on any atom is 0.138 e. The van der Waals surface area contributed by atoms with Crippen LogP contribution in [-0.2, 0) is 6.54 Å². The van der Waals surface area contributed by atoms with Gasteiger partial charge in [-0.05, 0) is 34.4 Å². The highest BCUT2D eigenvalue weighted by molar-refractivity contribution is 5.85. The number of aromatic nitrogens is 1. The number of hydrogen-bond donors (Lipinski definition) is 1. The van der Waals surface area contributed by atoms with Crippen LogP contribution in [0.2, 0.25) is 0 Å². The van der Waals surface area contributed by atoms with Crippen molar-refractivity contribution in [2.75, 3.05) is 20.6 Å². The van der Waals surface area contributed by atoms with Crippen molar-refractivity contribution >= 4 is 12.4 Å². The van der Waals surface area contributed by atoms with Crippen LogP contribution < -0.4 is 5.32 Å². The first-order valence-corrected chi connectivity index (χ1v) is 5.85. The monoisotopic (exact) mass is 261 g/mol. The Hall–Kier alpha value is -0.580. The maximum absolute atomic E-state index is 5.13. The lowest BCUT2D eigenvalue weighted by Crippen LogP contribution is -2.37. The molecular weight excluding hydrogens is 238 g/mol. The van der Waals surface area contributed by atoms with E-state index in [1.165, 1.54) is 5.56 Å². The van der Waals surface area contributed by atoms with Gasteiger partial charge in [-0.15, -0.1) is 12.4 Å². The number of hydrogen-bond acceptors (Lipinski definition) is 4. The van der Waals surface area contributed by atoms with Gasteiger partial charge in [0.25, 0.3) is 0 Å². The lowest BCUT2D eigenvalue weighted by atomic mass is 10.2. The summed E-state index contributed by atoms with van der Waals surface area (Å²) < 4.78 is 5.13. The zero-order chi connectivity index (χ0) is 12.1. The normalized spacial score (nSPS) is 12.6. The van der Waals surface area contributed by atoms with Gasteiger partial charge in [0.2, 0.25) is 0 Å². The van der Waals surface area contributed by atoms with Crippen LogP contribution in [-0.4, -0.2) is 36.7 Å². The van der Waals surface area contributed by atoms with Crippen LogP contribution in [0.3, 0.4) is 0 Å². The Labute approximate surface area is 110 Å². The van der Waals surface area contributed by atoms with Gasteiger partial charge in [-0.1, -0.05) is 12.1 Å². The summed E-state index contributed by atoms with van der Waals surface area (Å²) in [7, 11) is 4.23. The maximum atomic E-state index is 5.13. The highest BCUT2D eigenvalue weighted by atomic mass is 35.5. The molecule has 1 aromatic rings. The molecule has 0 amide bonds. The Morgan fingerprint density at radius 2 is 2.00 bits per heavy atom.